The fourth-order valence-corrected chi connectivity index (χ4v) is 3.90. The summed E-state index contributed by atoms with van der Waals surface area (Å²) >= 11 is 4.99. The maximum atomic E-state index is 12.5. The van der Waals surface area contributed by atoms with Crippen LogP contribution in [0, 0.1) is 13.8 Å². The Morgan fingerprint density at radius 3 is 2.73 bits per heavy atom. The molecule has 3 rings (SSSR count). The number of halogens is 1. The van der Waals surface area contributed by atoms with Gasteiger partial charge in [0.2, 0.25) is 0 Å². The lowest BCUT2D eigenvalue weighted by Crippen LogP contribution is -2.13. The van der Waals surface area contributed by atoms with Crippen molar-refractivity contribution >= 4 is 43.4 Å². The van der Waals surface area contributed by atoms with E-state index in [0.717, 1.165) is 25.8 Å². The fourth-order valence-electron chi connectivity index (χ4n) is 2.33. The lowest BCUT2D eigenvalue weighted by molar-refractivity contribution is 0.0997. The molecule has 112 valence electrons. The number of carbonyl (C=O) groups excluding carboxylic acids is 1. The number of rotatable bonds is 1. The van der Waals surface area contributed by atoms with E-state index in [1.165, 1.54) is 11.3 Å². The molecule has 3 aromatic rings. The quantitative estimate of drug-likeness (QED) is 0.622. The van der Waals surface area contributed by atoms with Gasteiger partial charge in [-0.1, -0.05) is 45.0 Å². The topological polar surface area (TPSA) is 34.4 Å². The fraction of sp³-hybridized carbons (Fsp3) is 0.176. The molecule has 0 fully saturated rings. The highest BCUT2D eigenvalue weighted by Crippen LogP contribution is 2.21. The Morgan fingerprint density at radius 1 is 1.18 bits per heavy atom. The smallest absolute Gasteiger partial charge is 0.279 e. The summed E-state index contributed by atoms with van der Waals surface area (Å²) in [6.07, 6.45) is 0. The molecule has 1 amide bonds. The molecule has 0 radical (unpaired) electrons. The molecule has 0 saturated carbocycles. The molecule has 0 spiro atoms. The first-order valence-corrected chi connectivity index (χ1v) is 8.48. The molecule has 1 heterocycles. The maximum Gasteiger partial charge on any atom is 0.279 e. The molecule has 0 atom stereocenters. The van der Waals surface area contributed by atoms with Crippen molar-refractivity contribution in [2.24, 2.45) is 12.0 Å². The van der Waals surface area contributed by atoms with Crippen molar-refractivity contribution in [3.8, 4) is 0 Å². The van der Waals surface area contributed by atoms with Gasteiger partial charge in [-0.15, -0.1) is 0 Å². The van der Waals surface area contributed by atoms with Gasteiger partial charge in [0, 0.05) is 17.1 Å². The van der Waals surface area contributed by atoms with E-state index in [2.05, 4.69) is 20.9 Å². The minimum Gasteiger partial charge on any atom is -0.319 e. The first-order chi connectivity index (χ1) is 10.5. The number of thiazole rings is 1. The molecule has 0 aliphatic heterocycles. The molecular weight excluding hydrogens is 360 g/mol. The number of hydrogen-bond donors (Lipinski definition) is 0. The summed E-state index contributed by atoms with van der Waals surface area (Å²) in [5, 5.41) is 0. The highest BCUT2D eigenvalue weighted by Gasteiger charge is 2.10. The van der Waals surface area contributed by atoms with Gasteiger partial charge in [-0.2, -0.15) is 4.99 Å². The first kappa shape index (κ1) is 15.2. The number of amides is 1. The van der Waals surface area contributed by atoms with Crippen LogP contribution in [-0.4, -0.2) is 10.5 Å². The van der Waals surface area contributed by atoms with Gasteiger partial charge in [0.25, 0.3) is 5.91 Å². The average molecular weight is 375 g/mol. The van der Waals surface area contributed by atoms with Gasteiger partial charge in [0.15, 0.2) is 4.80 Å². The number of benzene rings is 2. The van der Waals surface area contributed by atoms with Crippen molar-refractivity contribution in [2.45, 2.75) is 13.8 Å². The van der Waals surface area contributed by atoms with Gasteiger partial charge < -0.3 is 4.57 Å². The SMILES string of the molecule is Cc1ccc(C)c(C(=O)N=c2sc3cc(Br)ccc3n2C)c1. The lowest BCUT2D eigenvalue weighted by atomic mass is 10.1. The van der Waals surface area contributed by atoms with Crippen LogP contribution in [0.15, 0.2) is 45.9 Å². The van der Waals surface area contributed by atoms with Crippen LogP contribution in [0.4, 0.5) is 0 Å². The molecule has 0 aliphatic carbocycles. The van der Waals surface area contributed by atoms with E-state index < -0.39 is 0 Å². The van der Waals surface area contributed by atoms with Crippen LogP contribution in [0.5, 0.6) is 0 Å². The molecule has 22 heavy (non-hydrogen) atoms. The summed E-state index contributed by atoms with van der Waals surface area (Å²) in [5.41, 5.74) is 3.75. The van der Waals surface area contributed by atoms with Crippen LogP contribution >= 0.6 is 27.3 Å². The summed E-state index contributed by atoms with van der Waals surface area (Å²) in [4.78, 5) is 17.5. The predicted molar refractivity (Wildman–Crippen MR) is 94.3 cm³/mol. The van der Waals surface area contributed by atoms with Gasteiger partial charge in [0.05, 0.1) is 10.2 Å². The van der Waals surface area contributed by atoms with Gasteiger partial charge in [-0.05, 0) is 43.7 Å². The van der Waals surface area contributed by atoms with Crippen LogP contribution < -0.4 is 4.80 Å². The van der Waals surface area contributed by atoms with E-state index in [4.69, 9.17) is 0 Å². The number of aromatic nitrogens is 1. The van der Waals surface area contributed by atoms with E-state index in [9.17, 15) is 4.79 Å². The molecule has 0 bridgehead atoms. The van der Waals surface area contributed by atoms with Crippen LogP contribution in [0.25, 0.3) is 10.2 Å². The molecule has 0 N–H and O–H groups in total. The standard InChI is InChI=1S/C17H15BrN2OS/c1-10-4-5-11(2)13(8-10)16(21)19-17-20(3)14-7-6-12(18)9-15(14)22-17/h4-9H,1-3H3. The number of carbonyl (C=O) groups is 1. The third-order valence-electron chi connectivity index (χ3n) is 3.59. The van der Waals surface area contributed by atoms with Gasteiger partial charge in [0.1, 0.15) is 0 Å². The number of fused-ring (bicyclic) bond motifs is 1. The van der Waals surface area contributed by atoms with E-state index >= 15 is 0 Å². The van der Waals surface area contributed by atoms with Crippen LogP contribution in [-0.2, 0) is 7.05 Å². The third kappa shape index (κ3) is 2.78. The van der Waals surface area contributed by atoms with Crippen molar-refractivity contribution in [3.05, 3.63) is 62.4 Å². The molecule has 5 heteroatoms. The van der Waals surface area contributed by atoms with Crippen LogP contribution in [0.3, 0.4) is 0 Å². The summed E-state index contributed by atoms with van der Waals surface area (Å²) in [5.74, 6) is -0.192. The Hall–Kier alpha value is -1.72. The molecule has 0 unspecified atom stereocenters. The summed E-state index contributed by atoms with van der Waals surface area (Å²) in [7, 11) is 1.93. The van der Waals surface area contributed by atoms with E-state index in [1.54, 1.807) is 0 Å². The first-order valence-electron chi connectivity index (χ1n) is 6.87. The highest BCUT2D eigenvalue weighted by molar-refractivity contribution is 9.10. The Bertz CT molecular complexity index is 953. The number of aryl methyl sites for hydroxylation is 3. The summed E-state index contributed by atoms with van der Waals surface area (Å²) in [6.45, 7) is 3.91. The monoisotopic (exact) mass is 374 g/mol. The summed E-state index contributed by atoms with van der Waals surface area (Å²) < 4.78 is 4.08. The van der Waals surface area contributed by atoms with Crippen LogP contribution in [0.1, 0.15) is 21.5 Å². The van der Waals surface area contributed by atoms with Crippen molar-refractivity contribution in [1.82, 2.24) is 4.57 Å². The zero-order valence-corrected chi connectivity index (χ0v) is 15.0. The second-order valence-electron chi connectivity index (χ2n) is 5.29. The normalized spacial score (nSPS) is 12.1. The highest BCUT2D eigenvalue weighted by atomic mass is 79.9. The van der Waals surface area contributed by atoms with E-state index in [-0.39, 0.29) is 5.91 Å². The maximum absolute atomic E-state index is 12.5. The Kier molecular flexibility index (Phi) is 4.02. The Morgan fingerprint density at radius 2 is 1.95 bits per heavy atom. The van der Waals surface area contributed by atoms with E-state index in [1.807, 2.05) is 61.9 Å². The van der Waals surface area contributed by atoms with Gasteiger partial charge in [-0.25, -0.2) is 0 Å². The number of nitrogens with zero attached hydrogens (tertiary/aromatic N) is 2. The number of hydrogen-bond acceptors (Lipinski definition) is 2. The molecule has 0 saturated heterocycles. The van der Waals surface area contributed by atoms with Gasteiger partial charge >= 0.3 is 0 Å². The Balaban J connectivity index is 2.14. The minimum atomic E-state index is -0.192. The van der Waals surface area contributed by atoms with Gasteiger partial charge in [-0.3, -0.25) is 4.79 Å². The van der Waals surface area contributed by atoms with Crippen molar-refractivity contribution in [3.63, 3.8) is 0 Å². The zero-order valence-electron chi connectivity index (χ0n) is 12.6. The lowest BCUT2D eigenvalue weighted by Gasteiger charge is -2.02. The van der Waals surface area contributed by atoms with Crippen molar-refractivity contribution < 1.29 is 4.79 Å². The van der Waals surface area contributed by atoms with Crippen LogP contribution in [0.2, 0.25) is 0 Å². The Labute approximate surface area is 141 Å². The van der Waals surface area contributed by atoms with Crippen molar-refractivity contribution in [1.29, 1.82) is 0 Å². The zero-order chi connectivity index (χ0) is 15.9. The predicted octanol–water partition coefficient (Wildman–Crippen LogP) is 4.36. The molecular formula is C17H15BrN2OS. The molecule has 0 aliphatic rings. The largest absolute Gasteiger partial charge is 0.319 e. The molecule has 1 aromatic heterocycles. The second-order valence-corrected chi connectivity index (χ2v) is 7.22. The summed E-state index contributed by atoms with van der Waals surface area (Å²) in [6, 6.07) is 11.9. The molecule has 2 aromatic carbocycles. The van der Waals surface area contributed by atoms with Crippen molar-refractivity contribution in [2.75, 3.05) is 0 Å². The second kappa shape index (κ2) is 5.82. The van der Waals surface area contributed by atoms with E-state index in [0.29, 0.717) is 10.4 Å². The minimum absolute atomic E-state index is 0.192. The average Bonchev–Trinajstić information content (AvgIpc) is 2.77. The third-order valence-corrected chi connectivity index (χ3v) is 5.18. The molecule has 3 nitrogen and oxygen atoms in total.